The SMILES string of the molecule is C=CCCCCCCCCCCC(C)CCCCCCC. The largest absolute Gasteiger partial charge is 0.103 e. The first-order valence-corrected chi connectivity index (χ1v) is 9.92. The van der Waals surface area contributed by atoms with Crippen LogP contribution in [-0.2, 0) is 0 Å². The van der Waals surface area contributed by atoms with Gasteiger partial charge in [-0.15, -0.1) is 6.58 Å². The Morgan fingerprint density at radius 1 is 0.667 bits per heavy atom. The Morgan fingerprint density at radius 3 is 1.57 bits per heavy atom. The normalized spacial score (nSPS) is 12.5. The molecule has 1 atom stereocenters. The number of allylic oxidation sites excluding steroid dienone is 1. The molecule has 0 aliphatic carbocycles. The van der Waals surface area contributed by atoms with Crippen molar-refractivity contribution in [3.8, 4) is 0 Å². The summed E-state index contributed by atoms with van der Waals surface area (Å²) in [6.07, 6.45) is 24.8. The summed E-state index contributed by atoms with van der Waals surface area (Å²) in [6, 6.07) is 0. The van der Waals surface area contributed by atoms with Crippen molar-refractivity contribution in [2.24, 2.45) is 5.92 Å². The van der Waals surface area contributed by atoms with Gasteiger partial charge in [0.1, 0.15) is 0 Å². The van der Waals surface area contributed by atoms with Gasteiger partial charge in [0.2, 0.25) is 0 Å². The van der Waals surface area contributed by atoms with Crippen molar-refractivity contribution in [1.82, 2.24) is 0 Å². The molecule has 0 amide bonds. The van der Waals surface area contributed by atoms with Gasteiger partial charge in [0.15, 0.2) is 0 Å². The molecule has 0 N–H and O–H groups in total. The second-order valence-electron chi connectivity index (χ2n) is 7.00. The molecular weight excluding hydrogens is 252 g/mol. The van der Waals surface area contributed by atoms with Crippen LogP contribution in [0.3, 0.4) is 0 Å². The predicted octanol–water partition coefficient (Wildman–Crippen LogP) is 8.07. The molecule has 1 unspecified atom stereocenters. The lowest BCUT2D eigenvalue weighted by Crippen LogP contribution is -1.95. The van der Waals surface area contributed by atoms with Gasteiger partial charge in [0, 0.05) is 0 Å². The molecule has 0 heterocycles. The third-order valence-corrected chi connectivity index (χ3v) is 4.66. The first-order chi connectivity index (χ1) is 10.3. The Hall–Kier alpha value is -0.260. The molecule has 0 saturated carbocycles. The monoisotopic (exact) mass is 294 g/mol. The maximum atomic E-state index is 3.77. The molecule has 0 heteroatoms. The number of hydrogen-bond donors (Lipinski definition) is 0. The van der Waals surface area contributed by atoms with E-state index < -0.39 is 0 Å². The molecule has 0 aliphatic heterocycles. The van der Waals surface area contributed by atoms with Crippen molar-refractivity contribution < 1.29 is 0 Å². The minimum Gasteiger partial charge on any atom is -0.103 e. The van der Waals surface area contributed by atoms with E-state index in [9.17, 15) is 0 Å². The van der Waals surface area contributed by atoms with Gasteiger partial charge in [-0.3, -0.25) is 0 Å². The van der Waals surface area contributed by atoms with E-state index in [4.69, 9.17) is 0 Å². The number of unbranched alkanes of at least 4 members (excludes halogenated alkanes) is 12. The average Bonchev–Trinajstić information content (AvgIpc) is 2.49. The highest BCUT2D eigenvalue weighted by Crippen LogP contribution is 2.18. The van der Waals surface area contributed by atoms with Crippen LogP contribution in [-0.4, -0.2) is 0 Å². The third kappa shape index (κ3) is 17.7. The Morgan fingerprint density at radius 2 is 1.10 bits per heavy atom. The van der Waals surface area contributed by atoms with E-state index >= 15 is 0 Å². The van der Waals surface area contributed by atoms with Gasteiger partial charge in [-0.2, -0.15) is 0 Å². The molecule has 21 heavy (non-hydrogen) atoms. The van der Waals surface area contributed by atoms with Crippen molar-refractivity contribution in [2.75, 3.05) is 0 Å². The van der Waals surface area contributed by atoms with E-state index in [1.54, 1.807) is 0 Å². The summed E-state index contributed by atoms with van der Waals surface area (Å²) in [5.74, 6) is 0.963. The lowest BCUT2D eigenvalue weighted by Gasteiger charge is -2.11. The van der Waals surface area contributed by atoms with Gasteiger partial charge in [-0.25, -0.2) is 0 Å². The highest BCUT2D eigenvalue weighted by Gasteiger charge is 2.01. The average molecular weight is 295 g/mol. The maximum Gasteiger partial charge on any atom is -0.0353 e. The first kappa shape index (κ1) is 20.7. The van der Waals surface area contributed by atoms with Gasteiger partial charge < -0.3 is 0 Å². The van der Waals surface area contributed by atoms with Crippen molar-refractivity contribution in [3.63, 3.8) is 0 Å². The number of rotatable bonds is 17. The fourth-order valence-electron chi connectivity index (χ4n) is 3.08. The second kappa shape index (κ2) is 17.8. The van der Waals surface area contributed by atoms with Crippen LogP contribution in [0.15, 0.2) is 12.7 Å². The van der Waals surface area contributed by atoms with Crippen molar-refractivity contribution in [2.45, 2.75) is 117 Å². The van der Waals surface area contributed by atoms with Crippen molar-refractivity contribution in [1.29, 1.82) is 0 Å². The standard InChI is InChI=1S/C21H42/c1-4-6-8-10-11-12-13-14-16-18-20-21(3)19-17-15-9-7-5-2/h4,21H,1,5-20H2,2-3H3. The van der Waals surface area contributed by atoms with Gasteiger partial charge >= 0.3 is 0 Å². The summed E-state index contributed by atoms with van der Waals surface area (Å²) in [5, 5.41) is 0. The summed E-state index contributed by atoms with van der Waals surface area (Å²) in [6.45, 7) is 8.53. The van der Waals surface area contributed by atoms with Crippen LogP contribution in [0.2, 0.25) is 0 Å². The van der Waals surface area contributed by atoms with Gasteiger partial charge in [0.05, 0.1) is 0 Å². The van der Waals surface area contributed by atoms with E-state index in [1.165, 1.54) is 103 Å². The Kier molecular flexibility index (Phi) is 17.6. The second-order valence-corrected chi connectivity index (χ2v) is 7.00. The van der Waals surface area contributed by atoms with Crippen LogP contribution in [0.5, 0.6) is 0 Å². The van der Waals surface area contributed by atoms with Crippen LogP contribution >= 0.6 is 0 Å². The molecular formula is C21H42. The van der Waals surface area contributed by atoms with E-state index in [2.05, 4.69) is 20.4 Å². The summed E-state index contributed by atoms with van der Waals surface area (Å²) < 4.78 is 0. The first-order valence-electron chi connectivity index (χ1n) is 9.92. The number of hydrogen-bond acceptors (Lipinski definition) is 0. The molecule has 0 aromatic heterocycles. The van der Waals surface area contributed by atoms with Crippen molar-refractivity contribution in [3.05, 3.63) is 12.7 Å². The zero-order valence-corrected chi connectivity index (χ0v) is 15.2. The molecule has 0 saturated heterocycles. The van der Waals surface area contributed by atoms with Crippen LogP contribution in [0, 0.1) is 5.92 Å². The van der Waals surface area contributed by atoms with Crippen LogP contribution in [0.4, 0.5) is 0 Å². The quantitative estimate of drug-likeness (QED) is 0.188. The topological polar surface area (TPSA) is 0 Å². The lowest BCUT2D eigenvalue weighted by atomic mass is 9.96. The molecule has 0 radical (unpaired) electrons. The molecule has 0 aromatic carbocycles. The summed E-state index contributed by atoms with van der Waals surface area (Å²) in [7, 11) is 0. The fraction of sp³-hybridized carbons (Fsp3) is 0.905. The van der Waals surface area contributed by atoms with E-state index in [1.807, 2.05) is 6.08 Å². The van der Waals surface area contributed by atoms with E-state index in [-0.39, 0.29) is 0 Å². The Balaban J connectivity index is 3.10. The van der Waals surface area contributed by atoms with Gasteiger partial charge in [-0.05, 0) is 18.8 Å². The molecule has 0 rings (SSSR count). The summed E-state index contributed by atoms with van der Waals surface area (Å²) in [4.78, 5) is 0. The smallest absolute Gasteiger partial charge is 0.0353 e. The molecule has 0 aromatic rings. The van der Waals surface area contributed by atoms with E-state index in [0.29, 0.717) is 0 Å². The molecule has 0 fully saturated rings. The molecule has 126 valence electrons. The van der Waals surface area contributed by atoms with Gasteiger partial charge in [0.25, 0.3) is 0 Å². The lowest BCUT2D eigenvalue weighted by molar-refractivity contribution is 0.431. The third-order valence-electron chi connectivity index (χ3n) is 4.66. The zero-order chi connectivity index (χ0) is 15.6. The van der Waals surface area contributed by atoms with E-state index in [0.717, 1.165) is 5.92 Å². The molecule has 0 spiro atoms. The Bertz CT molecular complexity index is 194. The molecule has 0 bridgehead atoms. The highest BCUT2D eigenvalue weighted by atomic mass is 14.1. The Labute approximate surface area is 135 Å². The van der Waals surface area contributed by atoms with Crippen LogP contribution < -0.4 is 0 Å². The minimum atomic E-state index is 0.963. The van der Waals surface area contributed by atoms with Crippen molar-refractivity contribution >= 4 is 0 Å². The van der Waals surface area contributed by atoms with Crippen LogP contribution in [0.25, 0.3) is 0 Å². The summed E-state index contributed by atoms with van der Waals surface area (Å²) in [5.41, 5.74) is 0. The molecule has 0 aliphatic rings. The summed E-state index contributed by atoms with van der Waals surface area (Å²) >= 11 is 0. The predicted molar refractivity (Wildman–Crippen MR) is 98.9 cm³/mol. The van der Waals surface area contributed by atoms with Crippen LogP contribution in [0.1, 0.15) is 117 Å². The zero-order valence-electron chi connectivity index (χ0n) is 15.2. The molecule has 0 nitrogen and oxygen atoms in total. The fourth-order valence-corrected chi connectivity index (χ4v) is 3.08. The van der Waals surface area contributed by atoms with Gasteiger partial charge in [-0.1, -0.05) is 110 Å². The minimum absolute atomic E-state index is 0.963. The maximum absolute atomic E-state index is 3.77. The highest BCUT2D eigenvalue weighted by molar-refractivity contribution is 4.65.